The molecular formula is C40H48N4O8. The lowest BCUT2D eigenvalue weighted by Gasteiger charge is -2.29. The Labute approximate surface area is 302 Å². The number of fused-ring (bicyclic) bond motifs is 2. The van der Waals surface area contributed by atoms with Gasteiger partial charge in [-0.05, 0) is 103 Å². The first-order valence-corrected chi connectivity index (χ1v) is 18.1. The van der Waals surface area contributed by atoms with Gasteiger partial charge in [0.15, 0.2) is 0 Å². The van der Waals surface area contributed by atoms with Crippen LogP contribution in [0.3, 0.4) is 0 Å². The first-order chi connectivity index (χ1) is 25.0. The van der Waals surface area contributed by atoms with Crippen molar-refractivity contribution in [3.63, 3.8) is 0 Å². The van der Waals surface area contributed by atoms with Crippen molar-refractivity contribution in [3.8, 4) is 11.5 Å². The van der Waals surface area contributed by atoms with Crippen molar-refractivity contribution in [2.24, 2.45) is 0 Å². The number of nitrogens with zero attached hydrogens (tertiary/aromatic N) is 2. The Morgan fingerprint density at radius 3 is 1.46 bits per heavy atom. The van der Waals surface area contributed by atoms with Gasteiger partial charge in [0.05, 0.1) is 0 Å². The minimum Gasteiger partial charge on any atom is -0.490 e. The zero-order valence-corrected chi connectivity index (χ0v) is 30.4. The zero-order chi connectivity index (χ0) is 36.8. The van der Waals surface area contributed by atoms with Crippen LogP contribution in [0.1, 0.15) is 62.5 Å². The summed E-state index contributed by atoms with van der Waals surface area (Å²) in [6.07, 6.45) is 8.74. The zero-order valence-electron chi connectivity index (χ0n) is 30.4. The van der Waals surface area contributed by atoms with Crippen LogP contribution in [0.4, 0.5) is 11.4 Å². The molecule has 2 N–H and O–H groups in total. The van der Waals surface area contributed by atoms with Crippen LogP contribution < -0.4 is 31.4 Å². The smallest absolute Gasteiger partial charge is 0.360 e. The average Bonchev–Trinajstić information content (AvgIpc) is 3.12. The molecule has 6 rings (SSSR count). The highest BCUT2D eigenvalue weighted by atomic mass is 16.5. The van der Waals surface area contributed by atoms with Crippen molar-refractivity contribution < 1.29 is 27.9 Å². The third kappa shape index (κ3) is 9.10. The lowest BCUT2D eigenvalue weighted by atomic mass is 10.1. The van der Waals surface area contributed by atoms with Crippen LogP contribution in [-0.2, 0) is 9.59 Å². The molecule has 2 aromatic carbocycles. The highest BCUT2D eigenvalue weighted by molar-refractivity contribution is 5.94. The molecule has 0 radical (unpaired) electrons. The van der Waals surface area contributed by atoms with E-state index in [1.807, 2.05) is 50.3 Å². The summed E-state index contributed by atoms with van der Waals surface area (Å²) >= 11 is 0. The summed E-state index contributed by atoms with van der Waals surface area (Å²) in [7, 11) is 4.20. The van der Waals surface area contributed by atoms with E-state index in [2.05, 4.69) is 34.5 Å². The fourth-order valence-corrected chi connectivity index (χ4v) is 6.70. The minimum absolute atomic E-state index is 0.0799. The standard InChI is InChI=1S/C40H48N4O8/c1-25-33(49-29-15-19-43(3)20-16-29)13-11-27-23-31(39(47)51-37(25)27)41-35(45)9-7-5-6-8-10-36(46)42-32-24-28-12-14-34(26(2)38(28)52-40(32)48)50-30-17-21-44(4)22-18-30/h5-6,11-14,23-24,29-30H,7-10,15-22H2,1-4H3,(H,41,45)(H,42,46)/b6-5+. The molecule has 4 aromatic rings. The largest absolute Gasteiger partial charge is 0.490 e. The third-order valence-electron chi connectivity index (χ3n) is 9.91. The van der Waals surface area contributed by atoms with Crippen LogP contribution in [0.5, 0.6) is 11.5 Å². The Hall–Kier alpha value is -4.94. The molecule has 0 saturated carbocycles. The van der Waals surface area contributed by atoms with Crippen molar-refractivity contribution in [3.05, 3.63) is 80.5 Å². The number of benzene rings is 2. The van der Waals surface area contributed by atoms with Crippen LogP contribution in [0, 0.1) is 13.8 Å². The number of aryl methyl sites for hydroxylation is 2. The van der Waals surface area contributed by atoms with E-state index in [0.717, 1.165) is 63.0 Å². The molecular weight excluding hydrogens is 664 g/mol. The Balaban J connectivity index is 0.951. The maximum absolute atomic E-state index is 12.7. The maximum Gasteiger partial charge on any atom is 0.360 e. The number of anilines is 2. The first kappa shape index (κ1) is 36.8. The van der Waals surface area contributed by atoms with Gasteiger partial charge in [-0.3, -0.25) is 9.59 Å². The molecule has 4 heterocycles. The number of hydrogen-bond donors (Lipinski definition) is 2. The number of carbonyl (C=O) groups is 2. The quantitative estimate of drug-likeness (QED) is 0.130. The fourth-order valence-electron chi connectivity index (χ4n) is 6.70. The van der Waals surface area contributed by atoms with Crippen molar-refractivity contribution >= 4 is 45.1 Å². The summed E-state index contributed by atoms with van der Waals surface area (Å²) in [5.74, 6) is 0.741. The Kier molecular flexibility index (Phi) is 11.8. The van der Waals surface area contributed by atoms with Gasteiger partial charge in [-0.15, -0.1) is 0 Å². The second kappa shape index (κ2) is 16.6. The fraction of sp³-hybridized carbons (Fsp3) is 0.450. The maximum atomic E-state index is 12.7. The molecule has 2 aromatic heterocycles. The van der Waals surface area contributed by atoms with Crippen molar-refractivity contribution in [1.82, 2.24) is 9.80 Å². The van der Waals surface area contributed by atoms with E-state index in [9.17, 15) is 19.2 Å². The van der Waals surface area contributed by atoms with Crippen LogP contribution >= 0.6 is 0 Å². The van der Waals surface area contributed by atoms with Crippen molar-refractivity contribution in [2.75, 3.05) is 50.9 Å². The van der Waals surface area contributed by atoms with E-state index < -0.39 is 11.3 Å². The van der Waals surface area contributed by atoms with Gasteiger partial charge in [0.25, 0.3) is 0 Å². The molecule has 2 saturated heterocycles. The predicted molar refractivity (Wildman–Crippen MR) is 202 cm³/mol. The van der Waals surface area contributed by atoms with Crippen LogP contribution in [-0.4, -0.2) is 74.1 Å². The molecule has 0 atom stereocenters. The third-order valence-corrected chi connectivity index (χ3v) is 9.91. The summed E-state index contributed by atoms with van der Waals surface area (Å²) in [4.78, 5) is 55.3. The Morgan fingerprint density at radius 1 is 0.692 bits per heavy atom. The topological polar surface area (TPSA) is 144 Å². The van der Waals surface area contributed by atoms with Crippen LogP contribution in [0.15, 0.2) is 67.0 Å². The molecule has 0 unspecified atom stereocenters. The van der Waals surface area contributed by atoms with Crippen LogP contribution in [0.25, 0.3) is 21.9 Å². The number of likely N-dealkylation sites (tertiary alicyclic amines) is 2. The molecule has 0 bridgehead atoms. The average molecular weight is 713 g/mol. The SMILES string of the molecule is Cc1c(OC2CCN(C)CC2)ccc2cc(NC(=O)CC/C=C/CCC(=O)Nc3cc4ccc(OC5CCN(C)CC5)c(C)c4oc3=O)c(=O)oc12. The second-order valence-corrected chi connectivity index (χ2v) is 14.0. The number of ether oxygens (including phenoxy) is 2. The number of piperidine rings is 2. The Bertz CT molecular complexity index is 1920. The van der Waals surface area contributed by atoms with Gasteiger partial charge in [-0.1, -0.05) is 12.2 Å². The highest BCUT2D eigenvalue weighted by Crippen LogP contribution is 2.31. The lowest BCUT2D eigenvalue weighted by molar-refractivity contribution is -0.117. The number of carbonyl (C=O) groups excluding carboxylic acids is 2. The molecule has 2 aliphatic heterocycles. The number of nitrogens with one attached hydrogen (secondary N) is 2. The van der Waals surface area contributed by atoms with E-state index in [0.29, 0.717) is 46.3 Å². The molecule has 276 valence electrons. The van der Waals surface area contributed by atoms with Gasteiger partial charge in [0, 0.05) is 60.9 Å². The molecule has 2 aliphatic rings. The number of rotatable bonds is 12. The van der Waals surface area contributed by atoms with Gasteiger partial charge in [0.1, 0.15) is 46.2 Å². The van der Waals surface area contributed by atoms with E-state index in [1.165, 1.54) is 0 Å². The van der Waals surface area contributed by atoms with E-state index in [4.69, 9.17) is 18.3 Å². The normalized spacial score (nSPS) is 16.5. The van der Waals surface area contributed by atoms with Crippen molar-refractivity contribution in [1.29, 1.82) is 0 Å². The summed E-state index contributed by atoms with van der Waals surface area (Å²) in [5.41, 5.74) is 1.30. The number of amides is 2. The summed E-state index contributed by atoms with van der Waals surface area (Å²) in [6.45, 7) is 7.65. The monoisotopic (exact) mass is 712 g/mol. The molecule has 0 spiro atoms. The number of hydrogen-bond acceptors (Lipinski definition) is 10. The highest BCUT2D eigenvalue weighted by Gasteiger charge is 2.22. The molecule has 12 heteroatoms. The summed E-state index contributed by atoms with van der Waals surface area (Å²) in [6, 6.07) is 10.7. The molecule has 2 amide bonds. The van der Waals surface area contributed by atoms with Gasteiger partial charge in [-0.25, -0.2) is 9.59 Å². The van der Waals surface area contributed by atoms with E-state index in [-0.39, 0.29) is 48.2 Å². The minimum atomic E-state index is -0.626. The van der Waals surface area contributed by atoms with E-state index in [1.54, 1.807) is 12.1 Å². The molecule has 52 heavy (non-hydrogen) atoms. The van der Waals surface area contributed by atoms with Crippen molar-refractivity contribution in [2.45, 2.75) is 77.4 Å². The second-order valence-electron chi connectivity index (χ2n) is 14.0. The van der Waals surface area contributed by atoms with Crippen LogP contribution in [0.2, 0.25) is 0 Å². The van der Waals surface area contributed by atoms with E-state index >= 15 is 0 Å². The van der Waals surface area contributed by atoms with Gasteiger partial charge in [-0.2, -0.15) is 0 Å². The molecule has 2 fully saturated rings. The van der Waals surface area contributed by atoms with Gasteiger partial charge in [0.2, 0.25) is 11.8 Å². The Morgan fingerprint density at radius 2 is 1.08 bits per heavy atom. The summed E-state index contributed by atoms with van der Waals surface area (Å²) < 4.78 is 23.7. The van der Waals surface area contributed by atoms with Gasteiger partial charge < -0.3 is 38.7 Å². The number of allylic oxidation sites excluding steroid dienone is 2. The molecule has 12 nitrogen and oxygen atoms in total. The predicted octanol–water partition coefficient (Wildman–Crippen LogP) is 6.16. The molecule has 0 aliphatic carbocycles. The lowest BCUT2D eigenvalue weighted by Crippen LogP contribution is -2.35. The summed E-state index contributed by atoms with van der Waals surface area (Å²) in [5, 5.41) is 6.71. The first-order valence-electron chi connectivity index (χ1n) is 18.1. The van der Waals surface area contributed by atoms with Gasteiger partial charge >= 0.3 is 11.3 Å².